The molecule has 2 rings (SSSR count). The predicted molar refractivity (Wildman–Crippen MR) is 117 cm³/mol. The molecule has 2 aliphatic rings. The van der Waals surface area contributed by atoms with E-state index in [0.717, 1.165) is 32.1 Å². The fourth-order valence-corrected chi connectivity index (χ4v) is 4.08. The van der Waals surface area contributed by atoms with Crippen molar-refractivity contribution in [3.05, 3.63) is 0 Å². The van der Waals surface area contributed by atoms with Crippen LogP contribution < -0.4 is 5.32 Å². The van der Waals surface area contributed by atoms with E-state index in [1.165, 1.54) is 13.3 Å². The lowest BCUT2D eigenvalue weighted by Gasteiger charge is -2.44. The largest absolute Gasteiger partial charge is 0.394 e. The molecule has 12 heteroatoms. The van der Waals surface area contributed by atoms with Crippen molar-refractivity contribution in [2.45, 2.75) is 114 Å². The van der Waals surface area contributed by atoms with E-state index in [9.17, 15) is 35.4 Å². The van der Waals surface area contributed by atoms with Crippen molar-refractivity contribution in [1.29, 1.82) is 0 Å². The molecular weight excluding hydrogens is 454 g/mol. The van der Waals surface area contributed by atoms with Crippen molar-refractivity contribution >= 4 is 5.91 Å². The molecule has 1 amide bonds. The summed E-state index contributed by atoms with van der Waals surface area (Å²) in [6, 6.07) is -1.16. The second kappa shape index (κ2) is 14.6. The second-order valence-electron chi connectivity index (χ2n) is 8.92. The summed E-state index contributed by atoms with van der Waals surface area (Å²) in [7, 11) is 0. The van der Waals surface area contributed by atoms with E-state index in [-0.39, 0.29) is 6.61 Å². The van der Waals surface area contributed by atoms with Gasteiger partial charge >= 0.3 is 0 Å². The number of amides is 1. The molecule has 0 spiro atoms. The first-order valence-electron chi connectivity index (χ1n) is 12.0. The zero-order chi connectivity index (χ0) is 25.3. The Labute approximate surface area is 199 Å². The van der Waals surface area contributed by atoms with Crippen molar-refractivity contribution in [3.8, 4) is 0 Å². The molecular formula is C22H41NO11. The third kappa shape index (κ3) is 8.05. The van der Waals surface area contributed by atoms with Gasteiger partial charge in [0.15, 0.2) is 12.6 Å². The summed E-state index contributed by atoms with van der Waals surface area (Å²) in [6.07, 6.45) is -5.94. The van der Waals surface area contributed by atoms with E-state index in [4.69, 9.17) is 18.9 Å². The molecule has 12 nitrogen and oxygen atoms in total. The zero-order valence-corrected chi connectivity index (χ0v) is 19.9. The molecule has 7 N–H and O–H groups in total. The standard InChI is InChI=1S/C22H41NO11/c1-3-4-5-6-7-8-9-31-22-20(30)19(29)17(27)14(34-22)11-32-21-15(23-12(2)25)18(28)16(26)13(10-24)33-21/h13-22,24,26-30H,3-11H2,1-2H3,(H,23,25)/t13-,14-,15-,16-,17+,18-,19+,20-,21-,22-/m1/s1. The molecule has 0 unspecified atom stereocenters. The van der Waals surface area contributed by atoms with Gasteiger partial charge in [0.2, 0.25) is 5.91 Å². The lowest BCUT2D eigenvalue weighted by molar-refractivity contribution is -0.320. The smallest absolute Gasteiger partial charge is 0.217 e. The molecule has 2 fully saturated rings. The van der Waals surface area contributed by atoms with Gasteiger partial charge in [-0.25, -0.2) is 0 Å². The Bertz CT molecular complexity index is 597. The van der Waals surface area contributed by atoms with E-state index in [1.54, 1.807) is 0 Å². The Morgan fingerprint density at radius 2 is 1.41 bits per heavy atom. The number of hydrogen-bond acceptors (Lipinski definition) is 11. The van der Waals surface area contributed by atoms with E-state index < -0.39 is 73.9 Å². The van der Waals surface area contributed by atoms with Gasteiger partial charge in [-0.3, -0.25) is 4.79 Å². The van der Waals surface area contributed by atoms with Crippen LogP contribution in [0.15, 0.2) is 0 Å². The predicted octanol–water partition coefficient (Wildman–Crippen LogP) is -1.87. The van der Waals surface area contributed by atoms with Gasteiger partial charge in [-0.15, -0.1) is 0 Å². The maximum Gasteiger partial charge on any atom is 0.217 e. The van der Waals surface area contributed by atoms with Gasteiger partial charge in [0, 0.05) is 13.5 Å². The van der Waals surface area contributed by atoms with E-state index in [1.807, 2.05) is 0 Å². The highest BCUT2D eigenvalue weighted by Crippen LogP contribution is 2.26. The summed E-state index contributed by atoms with van der Waals surface area (Å²) in [4.78, 5) is 11.5. The van der Waals surface area contributed by atoms with Gasteiger partial charge in [-0.05, 0) is 6.42 Å². The van der Waals surface area contributed by atoms with Crippen molar-refractivity contribution in [2.75, 3.05) is 19.8 Å². The quantitative estimate of drug-likeness (QED) is 0.142. The van der Waals surface area contributed by atoms with Gasteiger partial charge in [0.05, 0.1) is 13.2 Å². The summed E-state index contributed by atoms with van der Waals surface area (Å²) in [5.41, 5.74) is 0. The van der Waals surface area contributed by atoms with Crippen LogP contribution in [-0.4, -0.2) is 118 Å². The van der Waals surface area contributed by atoms with E-state index in [0.29, 0.717) is 6.61 Å². The van der Waals surface area contributed by atoms with Gasteiger partial charge in [0.25, 0.3) is 0 Å². The normalized spacial score (nSPS) is 38.6. The minimum Gasteiger partial charge on any atom is -0.394 e. The van der Waals surface area contributed by atoms with Crippen molar-refractivity contribution in [3.63, 3.8) is 0 Å². The minimum absolute atomic E-state index is 0.308. The Morgan fingerprint density at radius 3 is 2.06 bits per heavy atom. The molecule has 200 valence electrons. The van der Waals surface area contributed by atoms with E-state index in [2.05, 4.69) is 12.2 Å². The number of carbonyl (C=O) groups is 1. The Hall–Kier alpha value is -0.930. The summed E-state index contributed by atoms with van der Waals surface area (Å²) < 4.78 is 22.3. The first-order chi connectivity index (χ1) is 16.2. The van der Waals surface area contributed by atoms with Crippen LogP contribution >= 0.6 is 0 Å². The van der Waals surface area contributed by atoms with Crippen LogP contribution in [-0.2, 0) is 23.7 Å². The number of rotatable bonds is 13. The molecule has 0 aromatic carbocycles. The molecule has 2 heterocycles. The SMILES string of the molecule is CCCCCCCCO[C@@H]1O[C@H](CO[C@@H]2O[C@H](CO)[C@@H](O)[C@H](O)[C@H]2NC(C)=O)[C@H](O)[C@H](O)[C@H]1O. The zero-order valence-electron chi connectivity index (χ0n) is 19.9. The van der Waals surface area contributed by atoms with E-state index >= 15 is 0 Å². The lowest BCUT2D eigenvalue weighted by atomic mass is 9.96. The summed E-state index contributed by atoms with van der Waals surface area (Å²) >= 11 is 0. The summed E-state index contributed by atoms with van der Waals surface area (Å²) in [5, 5.41) is 63.1. The Morgan fingerprint density at radius 1 is 0.794 bits per heavy atom. The minimum atomic E-state index is -1.55. The number of unbranched alkanes of at least 4 members (excludes halogenated alkanes) is 5. The van der Waals surface area contributed by atoms with Crippen LogP contribution in [0.3, 0.4) is 0 Å². The number of carbonyl (C=O) groups excluding carboxylic acids is 1. The molecule has 10 atom stereocenters. The Balaban J connectivity index is 1.93. The second-order valence-corrected chi connectivity index (χ2v) is 8.92. The molecule has 2 saturated heterocycles. The molecule has 0 aromatic rings. The van der Waals surface area contributed by atoms with Crippen molar-refractivity contribution in [1.82, 2.24) is 5.32 Å². The highest BCUT2D eigenvalue weighted by molar-refractivity contribution is 5.73. The van der Waals surface area contributed by atoms with Crippen molar-refractivity contribution in [2.24, 2.45) is 0 Å². The monoisotopic (exact) mass is 495 g/mol. The van der Waals surface area contributed by atoms with Crippen LogP contribution in [0.2, 0.25) is 0 Å². The molecule has 0 bridgehead atoms. The molecule has 34 heavy (non-hydrogen) atoms. The third-order valence-electron chi connectivity index (χ3n) is 6.12. The highest BCUT2D eigenvalue weighted by atomic mass is 16.7. The number of nitrogens with one attached hydrogen (secondary N) is 1. The van der Waals surface area contributed by atoms with Gasteiger partial charge < -0.3 is 54.9 Å². The fourth-order valence-electron chi connectivity index (χ4n) is 4.08. The molecule has 0 radical (unpaired) electrons. The van der Waals surface area contributed by atoms with Gasteiger partial charge in [-0.1, -0.05) is 39.0 Å². The average molecular weight is 496 g/mol. The molecule has 0 saturated carbocycles. The maximum absolute atomic E-state index is 11.5. The van der Waals surface area contributed by atoms with Crippen LogP contribution in [0.1, 0.15) is 52.4 Å². The number of ether oxygens (including phenoxy) is 4. The molecule has 2 aliphatic heterocycles. The Kier molecular flexibility index (Phi) is 12.6. The number of aliphatic hydroxyl groups is 6. The maximum atomic E-state index is 11.5. The van der Waals surface area contributed by atoms with Gasteiger partial charge in [-0.2, -0.15) is 0 Å². The topological polar surface area (TPSA) is 187 Å². The summed E-state index contributed by atoms with van der Waals surface area (Å²) in [5.74, 6) is -0.508. The first-order valence-corrected chi connectivity index (χ1v) is 12.0. The van der Waals surface area contributed by atoms with Crippen LogP contribution in [0.4, 0.5) is 0 Å². The summed E-state index contributed by atoms with van der Waals surface area (Å²) in [6.45, 7) is 2.70. The van der Waals surface area contributed by atoms with Gasteiger partial charge in [0.1, 0.15) is 48.8 Å². The third-order valence-corrected chi connectivity index (χ3v) is 6.12. The van der Waals surface area contributed by atoms with Crippen LogP contribution in [0, 0.1) is 0 Å². The van der Waals surface area contributed by atoms with Crippen LogP contribution in [0.5, 0.6) is 0 Å². The first kappa shape index (κ1) is 29.3. The van der Waals surface area contributed by atoms with Crippen LogP contribution in [0.25, 0.3) is 0 Å². The molecule has 0 aromatic heterocycles. The highest BCUT2D eigenvalue weighted by Gasteiger charge is 2.48. The number of hydrogen-bond donors (Lipinski definition) is 7. The molecule has 0 aliphatic carbocycles. The average Bonchev–Trinajstić information content (AvgIpc) is 2.81. The number of aliphatic hydroxyl groups excluding tert-OH is 6. The lowest BCUT2D eigenvalue weighted by Crippen LogP contribution is -2.65. The van der Waals surface area contributed by atoms with Crippen molar-refractivity contribution < 1.29 is 54.4 Å². The fraction of sp³-hybridized carbons (Fsp3) is 0.955.